The first-order valence-corrected chi connectivity index (χ1v) is 23.9. The summed E-state index contributed by atoms with van der Waals surface area (Å²) in [5.41, 5.74) is 0. The van der Waals surface area contributed by atoms with Crippen LogP contribution < -0.4 is 0 Å². The van der Waals surface area contributed by atoms with Gasteiger partial charge in [-0.15, -0.1) is 0 Å². The number of carbonyl (C=O) groups is 2. The molecule has 344 valence electrons. The van der Waals surface area contributed by atoms with Crippen LogP contribution in [0.15, 0.2) is 122 Å². The predicted octanol–water partition coefficient (Wildman–Crippen LogP) is 11.9. The van der Waals surface area contributed by atoms with Crippen LogP contribution in [-0.4, -0.2) is 86.1 Å². The first-order chi connectivity index (χ1) is 29.4. The second kappa shape index (κ2) is 40.4. The number of phosphoric acid groups is 1. The Hall–Kier alpha value is -3.63. The van der Waals surface area contributed by atoms with Crippen LogP contribution in [0.25, 0.3) is 0 Å². The molecule has 0 heterocycles. The SMILES string of the molecule is CC/C=C\C/C=C\C/C=C\C/C=C\C/C=C\CCCCCC(=O)O[C@H](COC(=O)CCC/C=C\C/C=C\C=C\C(O)C/C=C\C/C=C\CC)COP(=O)(O)OCC[N+](C)(C)C. The van der Waals surface area contributed by atoms with Gasteiger partial charge in [-0.1, -0.05) is 142 Å². The average Bonchev–Trinajstić information content (AvgIpc) is 3.21. The Morgan fingerprint density at radius 1 is 0.590 bits per heavy atom. The van der Waals surface area contributed by atoms with Crippen LogP contribution in [0.5, 0.6) is 0 Å². The van der Waals surface area contributed by atoms with Crippen LogP contribution in [-0.2, 0) is 32.7 Å². The lowest BCUT2D eigenvalue weighted by molar-refractivity contribution is -0.870. The van der Waals surface area contributed by atoms with Crippen molar-refractivity contribution < 1.29 is 47.2 Å². The summed E-state index contributed by atoms with van der Waals surface area (Å²) in [5, 5.41) is 10.0. The number of quaternary nitrogens is 1. The van der Waals surface area contributed by atoms with Crippen molar-refractivity contribution in [1.29, 1.82) is 0 Å². The van der Waals surface area contributed by atoms with Crippen molar-refractivity contribution in [3.05, 3.63) is 122 Å². The van der Waals surface area contributed by atoms with Crippen molar-refractivity contribution in [2.75, 3.05) is 47.5 Å². The maximum atomic E-state index is 12.7. The van der Waals surface area contributed by atoms with Gasteiger partial charge >= 0.3 is 19.8 Å². The van der Waals surface area contributed by atoms with Crippen LogP contribution in [0.3, 0.4) is 0 Å². The normalized spacial score (nSPS) is 15.2. The second-order valence-electron chi connectivity index (χ2n) is 15.5. The van der Waals surface area contributed by atoms with Crippen molar-refractivity contribution in [2.45, 2.75) is 135 Å². The highest BCUT2D eigenvalue weighted by Gasteiger charge is 2.27. The number of esters is 2. The topological polar surface area (TPSA) is 129 Å². The number of nitrogens with zero attached hydrogens (tertiary/aromatic N) is 1. The Kier molecular flexibility index (Phi) is 38.0. The van der Waals surface area contributed by atoms with E-state index in [1.165, 1.54) is 0 Å². The smallest absolute Gasteiger partial charge is 0.462 e. The standard InChI is InChI=1S/C50H80NO9P/c1-6-8-10-12-14-15-16-17-18-19-20-21-22-23-24-25-30-34-38-42-50(54)60-48(46-59-61(55,56)58-44-43-51(3,4)5)45-57-49(53)41-37-33-29-27-26-28-32-36-40-47(52)39-35-31-13-11-9-7-2/h8-11,14-15,17-18,20-21,23-24,27-29,31-32,35-36,40,47-48,52H,6-7,12-13,16,19,22,25-26,30,33-34,37-39,41-46H2,1-5H3/p+1/b10-8-,11-9-,15-14-,18-17-,21-20-,24-23-,29-27-,32-28-,35-31-,40-36+/t47?,48-/m1/s1. The number of aliphatic hydroxyl groups is 1. The summed E-state index contributed by atoms with van der Waals surface area (Å²) in [6, 6.07) is 0. The molecule has 3 atom stereocenters. The summed E-state index contributed by atoms with van der Waals surface area (Å²) in [7, 11) is 1.36. The van der Waals surface area contributed by atoms with Gasteiger partial charge in [0.25, 0.3) is 0 Å². The van der Waals surface area contributed by atoms with E-state index >= 15 is 0 Å². The third-order valence-electron chi connectivity index (χ3n) is 8.57. The van der Waals surface area contributed by atoms with Gasteiger partial charge in [0.2, 0.25) is 0 Å². The molecule has 10 nitrogen and oxygen atoms in total. The summed E-state index contributed by atoms with van der Waals surface area (Å²) >= 11 is 0. The molecule has 0 fully saturated rings. The van der Waals surface area contributed by atoms with E-state index in [4.69, 9.17) is 18.5 Å². The monoisotopic (exact) mass is 871 g/mol. The fraction of sp³-hybridized carbons (Fsp3) is 0.560. The highest BCUT2D eigenvalue weighted by molar-refractivity contribution is 7.47. The zero-order valence-electron chi connectivity index (χ0n) is 38.2. The van der Waals surface area contributed by atoms with Crippen molar-refractivity contribution in [3.8, 4) is 0 Å². The Balaban J connectivity index is 4.60. The molecule has 61 heavy (non-hydrogen) atoms. The molecule has 0 aliphatic carbocycles. The lowest BCUT2D eigenvalue weighted by atomic mass is 10.1. The number of aliphatic hydroxyl groups excluding tert-OH is 1. The van der Waals surface area contributed by atoms with Crippen molar-refractivity contribution in [1.82, 2.24) is 0 Å². The number of allylic oxidation sites excluding steroid dienone is 18. The minimum Gasteiger partial charge on any atom is -0.462 e. The fourth-order valence-electron chi connectivity index (χ4n) is 5.10. The van der Waals surface area contributed by atoms with Gasteiger partial charge in [0.05, 0.1) is 33.9 Å². The highest BCUT2D eigenvalue weighted by Crippen LogP contribution is 2.43. The van der Waals surface area contributed by atoms with Crippen LogP contribution >= 0.6 is 7.82 Å². The summed E-state index contributed by atoms with van der Waals surface area (Å²) in [6.45, 7) is 3.96. The zero-order chi connectivity index (χ0) is 45.1. The molecule has 0 spiro atoms. The number of unbranched alkanes of at least 4 members (excludes halogenated alkanes) is 4. The first kappa shape index (κ1) is 57.4. The zero-order valence-corrected chi connectivity index (χ0v) is 39.1. The number of hydrogen-bond donors (Lipinski definition) is 2. The second-order valence-corrected chi connectivity index (χ2v) is 17.0. The van der Waals surface area contributed by atoms with Crippen molar-refractivity contribution in [2.24, 2.45) is 0 Å². The summed E-state index contributed by atoms with van der Waals surface area (Å²) < 4.78 is 34.2. The molecule has 0 aliphatic heterocycles. The largest absolute Gasteiger partial charge is 0.472 e. The van der Waals surface area contributed by atoms with Gasteiger partial charge in [0, 0.05) is 12.8 Å². The minimum atomic E-state index is -4.42. The summed E-state index contributed by atoms with van der Waals surface area (Å²) in [5.74, 6) is -0.959. The Morgan fingerprint density at radius 3 is 1.67 bits per heavy atom. The molecule has 0 aromatic carbocycles. The van der Waals surface area contributed by atoms with Gasteiger partial charge in [-0.25, -0.2) is 4.57 Å². The van der Waals surface area contributed by atoms with E-state index in [0.29, 0.717) is 36.7 Å². The number of hydrogen-bond acceptors (Lipinski definition) is 8. The van der Waals surface area contributed by atoms with Gasteiger partial charge in [-0.3, -0.25) is 18.6 Å². The van der Waals surface area contributed by atoms with E-state index in [1.807, 2.05) is 57.6 Å². The van der Waals surface area contributed by atoms with E-state index < -0.39 is 38.6 Å². The number of phosphoric ester groups is 1. The maximum Gasteiger partial charge on any atom is 0.472 e. The van der Waals surface area contributed by atoms with Crippen LogP contribution in [0.4, 0.5) is 0 Å². The lowest BCUT2D eigenvalue weighted by Gasteiger charge is -2.24. The van der Waals surface area contributed by atoms with Gasteiger partial charge in [0.1, 0.15) is 19.8 Å². The molecular weight excluding hydrogens is 790 g/mol. The Bertz CT molecular complexity index is 1460. The average molecular weight is 871 g/mol. The third-order valence-corrected chi connectivity index (χ3v) is 9.55. The van der Waals surface area contributed by atoms with E-state index in [1.54, 1.807) is 6.08 Å². The van der Waals surface area contributed by atoms with Gasteiger partial charge < -0.3 is 24.0 Å². The van der Waals surface area contributed by atoms with Gasteiger partial charge in [-0.2, -0.15) is 0 Å². The molecule has 0 saturated heterocycles. The molecule has 0 aromatic heterocycles. The molecule has 0 aliphatic rings. The number of ether oxygens (including phenoxy) is 2. The van der Waals surface area contributed by atoms with Gasteiger partial charge in [-0.05, 0) is 89.9 Å². The molecular formula is C50H81NO9P+. The number of rotatable bonds is 38. The Morgan fingerprint density at radius 2 is 1.10 bits per heavy atom. The van der Waals surface area contributed by atoms with Crippen molar-refractivity contribution in [3.63, 3.8) is 0 Å². The van der Waals surface area contributed by atoms with Crippen LogP contribution in [0.1, 0.15) is 123 Å². The first-order valence-electron chi connectivity index (χ1n) is 22.4. The van der Waals surface area contributed by atoms with Crippen molar-refractivity contribution >= 4 is 19.8 Å². The molecule has 2 unspecified atom stereocenters. The highest BCUT2D eigenvalue weighted by atomic mass is 31.2. The van der Waals surface area contributed by atoms with Crippen LogP contribution in [0.2, 0.25) is 0 Å². The fourth-order valence-corrected chi connectivity index (χ4v) is 5.84. The third kappa shape index (κ3) is 44.2. The number of likely N-dealkylation sites (N-methyl/N-ethyl adjacent to an activating group) is 1. The maximum absolute atomic E-state index is 12.7. The van der Waals surface area contributed by atoms with Gasteiger partial charge in [0.15, 0.2) is 6.10 Å². The Labute approximate surface area is 370 Å². The molecule has 0 radical (unpaired) electrons. The van der Waals surface area contributed by atoms with Crippen LogP contribution in [0, 0.1) is 0 Å². The lowest BCUT2D eigenvalue weighted by Crippen LogP contribution is -2.37. The van der Waals surface area contributed by atoms with E-state index in [9.17, 15) is 24.2 Å². The quantitative estimate of drug-likeness (QED) is 0.0156. The molecule has 0 aromatic rings. The van der Waals surface area contributed by atoms with E-state index in [0.717, 1.165) is 70.6 Å². The van der Waals surface area contributed by atoms with E-state index in [-0.39, 0.29) is 26.1 Å². The molecule has 0 amide bonds. The molecule has 2 N–H and O–H groups in total. The minimum absolute atomic E-state index is 0.00192. The molecule has 0 rings (SSSR count). The number of carbonyl (C=O) groups excluding carboxylic acids is 2. The predicted molar refractivity (Wildman–Crippen MR) is 253 cm³/mol. The molecule has 11 heteroatoms. The molecule has 0 bridgehead atoms. The van der Waals surface area contributed by atoms with E-state index in [2.05, 4.69) is 92.8 Å². The molecule has 0 saturated carbocycles. The summed E-state index contributed by atoms with van der Waals surface area (Å²) in [4.78, 5) is 35.4. The summed E-state index contributed by atoms with van der Waals surface area (Å²) in [6.07, 6.45) is 52.9.